The second-order valence-corrected chi connectivity index (χ2v) is 11.2. The van der Waals surface area contributed by atoms with Gasteiger partial charge >= 0.3 is 0 Å². The number of ketones is 1. The summed E-state index contributed by atoms with van der Waals surface area (Å²) in [7, 11) is 1.85. The molecule has 1 aromatic rings. The molecule has 2 heterocycles. The van der Waals surface area contributed by atoms with Crippen LogP contribution in [0.2, 0.25) is 0 Å². The molecule has 0 spiro atoms. The molecule has 4 N–H and O–H groups in total. The van der Waals surface area contributed by atoms with Crippen LogP contribution in [-0.2, 0) is 9.53 Å². The van der Waals surface area contributed by atoms with Crippen LogP contribution in [0.3, 0.4) is 0 Å². The summed E-state index contributed by atoms with van der Waals surface area (Å²) >= 11 is 1.57. The molecule has 0 saturated carbocycles. The van der Waals surface area contributed by atoms with Gasteiger partial charge in [-0.1, -0.05) is 32.4 Å². The molecule has 198 valence electrons. The van der Waals surface area contributed by atoms with Gasteiger partial charge in [-0.05, 0) is 64.6 Å². The number of carbonyl (C=O) groups excluding carboxylic acids is 1. The lowest BCUT2D eigenvalue weighted by molar-refractivity contribution is -0.154. The highest BCUT2D eigenvalue weighted by atomic mass is 32.1. The molecule has 1 aliphatic rings. The Morgan fingerprint density at radius 3 is 2.49 bits per heavy atom. The smallest absolute Gasteiger partial charge is 0.157 e. The van der Waals surface area contributed by atoms with E-state index in [2.05, 4.69) is 23.3 Å². The van der Waals surface area contributed by atoms with Crippen molar-refractivity contribution < 1.29 is 24.9 Å². The molecular weight excluding hydrogens is 464 g/mol. The summed E-state index contributed by atoms with van der Waals surface area (Å²) in [6, 6.07) is -0.215. The van der Waals surface area contributed by atoms with Gasteiger partial charge in [-0.15, -0.1) is 11.3 Å². The van der Waals surface area contributed by atoms with E-state index in [9.17, 15) is 20.1 Å². The molecule has 0 amide bonds. The number of nitrogens with one attached hydrogen (secondary N) is 1. The minimum absolute atomic E-state index is 0.0347. The minimum Gasteiger partial charge on any atom is -0.392 e. The van der Waals surface area contributed by atoms with E-state index in [0.29, 0.717) is 0 Å². The number of nitrogens with zero attached hydrogens (tertiary/aromatic N) is 1. The first kappa shape index (κ1) is 29.8. The maximum Gasteiger partial charge on any atom is 0.157 e. The quantitative estimate of drug-likeness (QED) is 0.459. The summed E-state index contributed by atoms with van der Waals surface area (Å²) in [5, 5.41) is 38.5. The Bertz CT molecular complexity index is 883. The van der Waals surface area contributed by atoms with Gasteiger partial charge in [0.2, 0.25) is 0 Å². The fourth-order valence-corrected chi connectivity index (χ4v) is 5.29. The van der Waals surface area contributed by atoms with Crippen molar-refractivity contribution in [2.45, 2.75) is 97.9 Å². The van der Waals surface area contributed by atoms with Gasteiger partial charge in [0.05, 0.1) is 29.0 Å². The number of carbonyl (C=O) groups is 1. The van der Waals surface area contributed by atoms with E-state index in [1.54, 1.807) is 25.2 Å². The number of hydrogen-bond acceptors (Lipinski definition) is 8. The van der Waals surface area contributed by atoms with E-state index >= 15 is 0 Å². The van der Waals surface area contributed by atoms with Crippen LogP contribution in [0.4, 0.5) is 0 Å². The maximum atomic E-state index is 13.0. The van der Waals surface area contributed by atoms with Crippen LogP contribution in [0.1, 0.15) is 71.0 Å². The lowest BCUT2D eigenvalue weighted by atomic mass is 9.81. The monoisotopic (exact) mass is 508 g/mol. The van der Waals surface area contributed by atoms with E-state index < -0.39 is 36.4 Å². The fraction of sp³-hybridized carbons (Fsp3) is 0.704. The number of Topliss-reactive ketones (excluding diaryl/α,β-unsaturated/α-hetero) is 1. The summed E-state index contributed by atoms with van der Waals surface area (Å²) in [5.74, 6) is -1.56. The van der Waals surface area contributed by atoms with Gasteiger partial charge in [0.25, 0.3) is 0 Å². The van der Waals surface area contributed by atoms with Crippen LogP contribution in [-0.4, -0.2) is 63.8 Å². The van der Waals surface area contributed by atoms with E-state index in [1.807, 2.05) is 39.3 Å². The fourth-order valence-electron chi connectivity index (χ4n) is 4.72. The van der Waals surface area contributed by atoms with Gasteiger partial charge in [0.1, 0.15) is 11.9 Å². The molecular formula is C27H44N2O5S. The predicted octanol–water partition coefficient (Wildman–Crippen LogP) is 3.87. The summed E-state index contributed by atoms with van der Waals surface area (Å²) in [6.45, 7) is 11.3. The van der Waals surface area contributed by atoms with Gasteiger partial charge < -0.3 is 25.4 Å². The molecule has 8 heteroatoms. The van der Waals surface area contributed by atoms with Crippen molar-refractivity contribution in [1.29, 1.82) is 0 Å². The van der Waals surface area contributed by atoms with Gasteiger partial charge in [0, 0.05) is 23.6 Å². The van der Waals surface area contributed by atoms with E-state index in [-0.39, 0.29) is 24.2 Å². The topological polar surface area (TPSA) is 112 Å². The number of aromatic nitrogens is 1. The number of rotatable bonds is 3. The second-order valence-electron chi connectivity index (χ2n) is 10.2. The number of allylic oxidation sites excluding steroid dienone is 1. The highest BCUT2D eigenvalue weighted by Gasteiger charge is 2.34. The maximum absolute atomic E-state index is 13.0. The molecule has 0 bridgehead atoms. The lowest BCUT2D eigenvalue weighted by Crippen LogP contribution is -2.43. The van der Waals surface area contributed by atoms with Crippen LogP contribution in [0.5, 0.6) is 0 Å². The third kappa shape index (κ3) is 8.58. The van der Waals surface area contributed by atoms with Crippen molar-refractivity contribution in [3.8, 4) is 0 Å². The number of aryl methyl sites for hydroxylation is 1. The molecule has 1 aromatic heterocycles. The van der Waals surface area contributed by atoms with Crippen molar-refractivity contribution in [2.24, 2.45) is 17.8 Å². The van der Waals surface area contributed by atoms with Crippen LogP contribution < -0.4 is 5.32 Å². The largest absolute Gasteiger partial charge is 0.392 e. The van der Waals surface area contributed by atoms with Crippen molar-refractivity contribution >= 4 is 23.2 Å². The number of likely N-dealkylation sites (N-methyl/N-ethyl adjacent to an activating group) is 1. The lowest BCUT2D eigenvalue weighted by Gasteiger charge is -2.31. The summed E-state index contributed by atoms with van der Waals surface area (Å²) in [6.07, 6.45) is 2.88. The van der Waals surface area contributed by atoms with Crippen LogP contribution in [0.25, 0.3) is 6.08 Å². The molecule has 2 rings (SSSR count). The third-order valence-electron chi connectivity index (χ3n) is 7.13. The highest BCUT2D eigenvalue weighted by Crippen LogP contribution is 2.27. The number of ether oxygens (including phenoxy) is 1. The Kier molecular flexibility index (Phi) is 11.7. The highest BCUT2D eigenvalue weighted by molar-refractivity contribution is 7.09. The zero-order valence-corrected chi connectivity index (χ0v) is 23.0. The molecule has 0 aromatic carbocycles. The van der Waals surface area contributed by atoms with E-state index in [0.717, 1.165) is 35.5 Å². The average Bonchev–Trinajstić information content (AvgIpc) is 3.22. The summed E-state index contributed by atoms with van der Waals surface area (Å²) < 4.78 is 6.10. The van der Waals surface area contributed by atoms with Gasteiger partial charge in [-0.25, -0.2) is 4.98 Å². The van der Waals surface area contributed by atoms with Crippen molar-refractivity contribution in [2.75, 3.05) is 7.05 Å². The van der Waals surface area contributed by atoms with E-state index in [4.69, 9.17) is 4.74 Å². The van der Waals surface area contributed by atoms with Crippen LogP contribution in [0, 0.1) is 24.7 Å². The molecule has 2 unspecified atom stereocenters. The van der Waals surface area contributed by atoms with E-state index in [1.165, 1.54) is 5.57 Å². The number of aliphatic hydroxyl groups is 3. The predicted molar refractivity (Wildman–Crippen MR) is 141 cm³/mol. The van der Waals surface area contributed by atoms with Crippen molar-refractivity contribution in [3.63, 3.8) is 0 Å². The van der Waals surface area contributed by atoms with Gasteiger partial charge in [-0.2, -0.15) is 0 Å². The Hall–Kier alpha value is -1.42. The first-order chi connectivity index (χ1) is 16.4. The molecule has 0 aliphatic carbocycles. The summed E-state index contributed by atoms with van der Waals surface area (Å²) in [4.78, 5) is 17.5. The molecule has 1 aliphatic heterocycles. The van der Waals surface area contributed by atoms with Crippen LogP contribution in [0.15, 0.2) is 22.6 Å². The molecule has 0 fully saturated rings. The number of hydrogen-bond donors (Lipinski definition) is 4. The van der Waals surface area contributed by atoms with Crippen molar-refractivity contribution in [3.05, 3.63) is 33.3 Å². The molecule has 0 saturated heterocycles. The standard InChI is InChI=1S/C27H44N2O5S/c1-15-9-8-10-16(2)25(32)19(5)26(33)18(4)23(30)13-24(31)34-27(22(11-15)28-7)17(3)12-21-14-35-20(6)29-21/h11-12,14,16,18-19,22-25,27-28,30-32H,8-10,13H2,1-7H3/b15-11-,17-12+/t16-,18?,19+,22?,23-,24-,25-,27+/m0/s1. The Morgan fingerprint density at radius 2 is 1.89 bits per heavy atom. The average molecular weight is 509 g/mol. The van der Waals surface area contributed by atoms with Gasteiger partial charge in [0.15, 0.2) is 6.29 Å². The first-order valence-electron chi connectivity index (χ1n) is 12.6. The molecule has 7 nitrogen and oxygen atoms in total. The Morgan fingerprint density at radius 1 is 1.20 bits per heavy atom. The Balaban J connectivity index is 2.39. The second kappa shape index (κ2) is 13.8. The van der Waals surface area contributed by atoms with Gasteiger partial charge in [-0.3, -0.25) is 4.79 Å². The SMILES string of the molecule is CNC1/C=C(/C)CCC[C@H](C)[C@H](O)[C@@H](C)C(=O)C(C)[C@@H](O)C[C@@H](O)O[C@@H]1/C(C)=C/c1csc(C)n1. The third-order valence-corrected chi connectivity index (χ3v) is 7.92. The Labute approximate surface area is 214 Å². The minimum atomic E-state index is -1.28. The normalized spacial score (nSPS) is 36.6. The van der Waals surface area contributed by atoms with Crippen LogP contribution >= 0.6 is 11.3 Å². The molecule has 35 heavy (non-hydrogen) atoms. The number of thiazole rings is 1. The number of aliphatic hydroxyl groups excluding tert-OH is 3. The van der Waals surface area contributed by atoms with Crippen molar-refractivity contribution in [1.82, 2.24) is 10.3 Å². The molecule has 8 atom stereocenters. The first-order valence-corrected chi connectivity index (χ1v) is 13.5. The molecule has 0 radical (unpaired) electrons. The summed E-state index contributed by atoms with van der Waals surface area (Å²) in [5.41, 5.74) is 2.91. The zero-order chi connectivity index (χ0) is 26.3. The zero-order valence-electron chi connectivity index (χ0n) is 22.2.